The van der Waals surface area contributed by atoms with Crippen molar-refractivity contribution in [2.75, 3.05) is 13.2 Å². The van der Waals surface area contributed by atoms with Gasteiger partial charge in [-0.1, -0.05) is 12.5 Å². The van der Waals surface area contributed by atoms with Gasteiger partial charge in [-0.3, -0.25) is 4.79 Å². The predicted molar refractivity (Wildman–Crippen MR) is 98.9 cm³/mol. The fraction of sp³-hybridized carbons (Fsp3) is 0.667. The minimum absolute atomic E-state index is 0.0269. The zero-order chi connectivity index (χ0) is 17.8. The second kappa shape index (κ2) is 8.11. The van der Waals surface area contributed by atoms with Crippen LogP contribution in [0.1, 0.15) is 64.5 Å². The molecule has 2 bridgehead atoms. The van der Waals surface area contributed by atoms with Crippen molar-refractivity contribution in [3.05, 3.63) is 23.8 Å². The summed E-state index contributed by atoms with van der Waals surface area (Å²) in [5.74, 6) is 3.97. The molecule has 2 aliphatic carbocycles. The molecule has 4 nitrogen and oxygen atoms in total. The van der Waals surface area contributed by atoms with E-state index in [4.69, 9.17) is 9.47 Å². The molecule has 0 radical (unpaired) electrons. The largest absolute Gasteiger partial charge is 0.490 e. The Hall–Kier alpha value is -1.71. The van der Waals surface area contributed by atoms with Gasteiger partial charge in [0.05, 0.1) is 19.3 Å². The first kappa shape index (κ1) is 18.1. The van der Waals surface area contributed by atoms with E-state index in [1.54, 1.807) is 0 Å². The van der Waals surface area contributed by atoms with E-state index < -0.39 is 0 Å². The molecule has 0 heterocycles. The number of benzene rings is 1. The van der Waals surface area contributed by atoms with Crippen LogP contribution in [0.2, 0.25) is 0 Å². The first-order valence-corrected chi connectivity index (χ1v) is 9.79. The maximum absolute atomic E-state index is 12.5. The molecule has 25 heavy (non-hydrogen) atoms. The van der Waals surface area contributed by atoms with E-state index in [1.165, 1.54) is 25.7 Å². The summed E-state index contributed by atoms with van der Waals surface area (Å²) in [4.78, 5) is 12.5. The number of nitrogens with one attached hydrogen (secondary N) is 1. The normalized spacial score (nSPS) is 25.6. The average Bonchev–Trinajstić information content (AvgIpc) is 3.19. The van der Waals surface area contributed by atoms with Gasteiger partial charge in [0.1, 0.15) is 0 Å². The highest BCUT2D eigenvalue weighted by Gasteiger charge is 2.40. The standard InChI is InChI=1S/C21H31NO3/c1-4-24-19-9-8-16(12-20(19)25-5-2)14(3)22-21(23)13-18-11-15-6-7-17(18)10-15/h8-9,12,14-15,17-18H,4-7,10-11,13H2,1-3H3,(H,22,23). The summed E-state index contributed by atoms with van der Waals surface area (Å²) in [6.07, 6.45) is 6.00. The van der Waals surface area contributed by atoms with Crippen LogP contribution in [0, 0.1) is 17.8 Å². The van der Waals surface area contributed by atoms with Crippen molar-refractivity contribution in [2.24, 2.45) is 17.8 Å². The third-order valence-electron chi connectivity index (χ3n) is 5.78. The molecule has 1 aromatic carbocycles. The highest BCUT2D eigenvalue weighted by atomic mass is 16.5. The molecule has 3 rings (SSSR count). The van der Waals surface area contributed by atoms with Crippen LogP contribution in [-0.4, -0.2) is 19.1 Å². The molecule has 0 aliphatic heterocycles. The first-order valence-electron chi connectivity index (χ1n) is 9.79. The fourth-order valence-electron chi connectivity index (χ4n) is 4.59. The van der Waals surface area contributed by atoms with Gasteiger partial charge in [-0.05, 0) is 75.5 Å². The Morgan fingerprint density at radius 2 is 1.92 bits per heavy atom. The Balaban J connectivity index is 1.59. The third-order valence-corrected chi connectivity index (χ3v) is 5.78. The molecule has 4 atom stereocenters. The molecule has 2 fully saturated rings. The van der Waals surface area contributed by atoms with E-state index in [1.807, 2.05) is 39.0 Å². The summed E-state index contributed by atoms with van der Waals surface area (Å²) >= 11 is 0. The van der Waals surface area contributed by atoms with E-state index in [9.17, 15) is 4.79 Å². The Morgan fingerprint density at radius 1 is 1.16 bits per heavy atom. The Bertz CT molecular complexity index is 601. The summed E-state index contributed by atoms with van der Waals surface area (Å²) in [6.45, 7) is 7.15. The minimum atomic E-state index is -0.0269. The van der Waals surface area contributed by atoms with E-state index in [0.29, 0.717) is 25.6 Å². The van der Waals surface area contributed by atoms with Crippen molar-refractivity contribution in [3.8, 4) is 11.5 Å². The van der Waals surface area contributed by atoms with Crippen LogP contribution < -0.4 is 14.8 Å². The summed E-state index contributed by atoms with van der Waals surface area (Å²) in [5, 5.41) is 3.17. The van der Waals surface area contributed by atoms with Crippen molar-refractivity contribution in [1.29, 1.82) is 0 Å². The second-order valence-electron chi connectivity index (χ2n) is 7.50. The van der Waals surface area contributed by atoms with E-state index in [0.717, 1.165) is 28.9 Å². The van der Waals surface area contributed by atoms with Crippen molar-refractivity contribution in [1.82, 2.24) is 5.32 Å². The van der Waals surface area contributed by atoms with Crippen LogP contribution in [0.15, 0.2) is 18.2 Å². The van der Waals surface area contributed by atoms with Gasteiger partial charge in [-0.15, -0.1) is 0 Å². The summed E-state index contributed by atoms with van der Waals surface area (Å²) in [6, 6.07) is 5.90. The SMILES string of the molecule is CCOc1ccc(C(C)NC(=O)CC2CC3CCC2C3)cc1OCC. The second-order valence-corrected chi connectivity index (χ2v) is 7.50. The highest BCUT2D eigenvalue weighted by molar-refractivity contribution is 5.76. The van der Waals surface area contributed by atoms with Gasteiger partial charge >= 0.3 is 0 Å². The first-order chi connectivity index (χ1) is 12.1. The zero-order valence-corrected chi connectivity index (χ0v) is 15.7. The van der Waals surface area contributed by atoms with Crippen molar-refractivity contribution >= 4 is 5.91 Å². The molecule has 1 amide bonds. The Labute approximate surface area is 151 Å². The number of carbonyl (C=O) groups is 1. The number of amides is 1. The number of fused-ring (bicyclic) bond motifs is 2. The van der Waals surface area contributed by atoms with E-state index in [2.05, 4.69) is 5.32 Å². The van der Waals surface area contributed by atoms with Gasteiger partial charge in [0.15, 0.2) is 11.5 Å². The van der Waals surface area contributed by atoms with Gasteiger partial charge in [-0.25, -0.2) is 0 Å². The third kappa shape index (κ3) is 4.28. The monoisotopic (exact) mass is 345 g/mol. The Kier molecular flexibility index (Phi) is 5.87. The van der Waals surface area contributed by atoms with Crippen LogP contribution in [0.4, 0.5) is 0 Å². The van der Waals surface area contributed by atoms with Gasteiger partial charge in [0, 0.05) is 6.42 Å². The maximum atomic E-state index is 12.5. The Morgan fingerprint density at radius 3 is 2.56 bits per heavy atom. The van der Waals surface area contributed by atoms with Crippen LogP contribution in [0.3, 0.4) is 0 Å². The lowest BCUT2D eigenvalue weighted by Crippen LogP contribution is -2.29. The lowest BCUT2D eigenvalue weighted by Gasteiger charge is -2.22. The molecule has 2 aliphatic rings. The number of carbonyl (C=O) groups excluding carboxylic acids is 1. The fourth-order valence-corrected chi connectivity index (χ4v) is 4.59. The summed E-state index contributed by atoms with van der Waals surface area (Å²) in [5.41, 5.74) is 1.05. The minimum Gasteiger partial charge on any atom is -0.490 e. The highest BCUT2D eigenvalue weighted by Crippen LogP contribution is 2.49. The van der Waals surface area contributed by atoms with Crippen molar-refractivity contribution < 1.29 is 14.3 Å². The van der Waals surface area contributed by atoms with Crippen LogP contribution in [-0.2, 0) is 4.79 Å². The molecular formula is C21H31NO3. The zero-order valence-electron chi connectivity index (χ0n) is 15.7. The van der Waals surface area contributed by atoms with Crippen molar-refractivity contribution in [3.63, 3.8) is 0 Å². The molecule has 0 saturated heterocycles. The molecule has 2 saturated carbocycles. The molecule has 4 heteroatoms. The van der Waals surface area contributed by atoms with Gasteiger partial charge in [0.2, 0.25) is 5.91 Å². The lowest BCUT2D eigenvalue weighted by molar-refractivity contribution is -0.123. The van der Waals surface area contributed by atoms with E-state index >= 15 is 0 Å². The number of rotatable bonds is 8. The summed E-state index contributed by atoms with van der Waals surface area (Å²) < 4.78 is 11.3. The molecule has 4 unspecified atom stereocenters. The average molecular weight is 345 g/mol. The van der Waals surface area contributed by atoms with Gasteiger partial charge in [0.25, 0.3) is 0 Å². The number of hydrogen-bond donors (Lipinski definition) is 1. The predicted octanol–water partition coefficient (Wildman–Crippen LogP) is 4.49. The van der Waals surface area contributed by atoms with Crippen LogP contribution in [0.25, 0.3) is 0 Å². The molecular weight excluding hydrogens is 314 g/mol. The van der Waals surface area contributed by atoms with Gasteiger partial charge in [-0.2, -0.15) is 0 Å². The van der Waals surface area contributed by atoms with Gasteiger partial charge < -0.3 is 14.8 Å². The quantitative estimate of drug-likeness (QED) is 0.755. The maximum Gasteiger partial charge on any atom is 0.220 e. The van der Waals surface area contributed by atoms with Crippen molar-refractivity contribution in [2.45, 2.75) is 58.9 Å². The molecule has 0 aromatic heterocycles. The number of ether oxygens (including phenoxy) is 2. The van der Waals surface area contributed by atoms with Crippen LogP contribution in [0.5, 0.6) is 11.5 Å². The lowest BCUT2D eigenvalue weighted by atomic mass is 9.86. The molecule has 1 N–H and O–H groups in total. The van der Waals surface area contributed by atoms with Crippen LogP contribution >= 0.6 is 0 Å². The smallest absolute Gasteiger partial charge is 0.220 e. The topological polar surface area (TPSA) is 47.6 Å². The molecule has 0 spiro atoms. The molecule has 138 valence electrons. The number of hydrogen-bond acceptors (Lipinski definition) is 3. The van der Waals surface area contributed by atoms with E-state index in [-0.39, 0.29) is 11.9 Å². The molecule has 1 aromatic rings. The summed E-state index contributed by atoms with van der Waals surface area (Å²) in [7, 11) is 0.